The van der Waals surface area contributed by atoms with E-state index in [4.69, 9.17) is 11.0 Å². The first-order chi connectivity index (χ1) is 9.85. The maximum Gasteiger partial charge on any atom is 0.180 e. The van der Waals surface area contributed by atoms with Gasteiger partial charge in [-0.3, -0.25) is 0 Å². The number of thiophene rings is 1. The summed E-state index contributed by atoms with van der Waals surface area (Å²) in [5.41, 5.74) is 5.81. The lowest BCUT2D eigenvalue weighted by atomic mass is 10.3. The van der Waals surface area contributed by atoms with Crippen LogP contribution in [0, 0.1) is 11.3 Å². The van der Waals surface area contributed by atoms with Gasteiger partial charge in [-0.05, 0) is 26.1 Å². The minimum absolute atomic E-state index is 0.0480. The van der Waals surface area contributed by atoms with Crippen LogP contribution in [-0.2, 0) is 9.84 Å². The summed E-state index contributed by atoms with van der Waals surface area (Å²) in [4.78, 5) is 2.58. The first-order valence-electron chi connectivity index (χ1n) is 6.83. The highest BCUT2D eigenvalue weighted by Crippen LogP contribution is 2.38. The molecule has 1 rings (SSSR count). The van der Waals surface area contributed by atoms with Gasteiger partial charge in [0.2, 0.25) is 0 Å². The Morgan fingerprint density at radius 3 is 2.48 bits per heavy atom. The van der Waals surface area contributed by atoms with Crippen LogP contribution >= 0.6 is 11.3 Å². The van der Waals surface area contributed by atoms with Crippen molar-refractivity contribution in [1.82, 2.24) is 4.90 Å². The Kier molecular flexibility index (Phi) is 6.45. The molecule has 0 amide bonds. The van der Waals surface area contributed by atoms with Gasteiger partial charge in [-0.25, -0.2) is 8.42 Å². The number of nitrogens with zero attached hydrogens (tertiary/aromatic N) is 2. The molecule has 0 unspecified atom stereocenters. The molecule has 3 N–H and O–H groups in total. The van der Waals surface area contributed by atoms with Crippen LogP contribution in [0.2, 0.25) is 0 Å². The lowest BCUT2D eigenvalue weighted by Gasteiger charge is -2.17. The minimum Gasteiger partial charge on any atom is -0.396 e. The zero-order valence-corrected chi connectivity index (χ0v) is 14.3. The van der Waals surface area contributed by atoms with Crippen molar-refractivity contribution in [2.24, 2.45) is 0 Å². The van der Waals surface area contributed by atoms with Gasteiger partial charge in [-0.15, -0.1) is 11.3 Å². The number of nitrogens with one attached hydrogen (secondary N) is 1. The Morgan fingerprint density at radius 1 is 1.38 bits per heavy atom. The zero-order chi connectivity index (χ0) is 16.0. The van der Waals surface area contributed by atoms with Crippen molar-refractivity contribution in [1.29, 1.82) is 5.26 Å². The molecule has 1 aromatic heterocycles. The largest absolute Gasteiger partial charge is 0.396 e. The molecule has 0 fully saturated rings. The van der Waals surface area contributed by atoms with Crippen molar-refractivity contribution >= 4 is 31.9 Å². The van der Waals surface area contributed by atoms with Crippen LogP contribution in [-0.4, -0.2) is 45.8 Å². The summed E-state index contributed by atoms with van der Waals surface area (Å²) in [5.74, 6) is 0. The fraction of sp³-hybridized carbons (Fsp3) is 0.615. The average molecular weight is 330 g/mol. The van der Waals surface area contributed by atoms with Gasteiger partial charge in [-0.2, -0.15) is 5.26 Å². The van der Waals surface area contributed by atoms with Crippen LogP contribution < -0.4 is 11.1 Å². The molecule has 0 radical (unpaired) electrons. The molecule has 0 saturated carbocycles. The molecular weight excluding hydrogens is 308 g/mol. The zero-order valence-electron chi connectivity index (χ0n) is 12.6. The number of nitrogen functional groups attached to an aromatic ring is 1. The summed E-state index contributed by atoms with van der Waals surface area (Å²) in [7, 11) is -3.45. The standard InChI is InChI=1S/C13H22N4O2S2/c1-4-17(5-2)8-6-7-16-13-12(21(3,18)19)11(15)10(9-14)20-13/h16H,4-8,15H2,1-3H3. The Morgan fingerprint density at radius 2 is 2.00 bits per heavy atom. The molecule has 0 aliphatic carbocycles. The number of nitriles is 1. The lowest BCUT2D eigenvalue weighted by Crippen LogP contribution is -2.25. The molecule has 21 heavy (non-hydrogen) atoms. The maximum atomic E-state index is 11.8. The normalized spacial score (nSPS) is 11.6. The summed E-state index contributed by atoms with van der Waals surface area (Å²) in [5, 5.41) is 12.5. The van der Waals surface area contributed by atoms with E-state index in [1.165, 1.54) is 0 Å². The smallest absolute Gasteiger partial charge is 0.180 e. The number of hydrogen-bond acceptors (Lipinski definition) is 7. The van der Waals surface area contributed by atoms with Crippen molar-refractivity contribution in [2.75, 3.05) is 43.5 Å². The van der Waals surface area contributed by atoms with Crippen molar-refractivity contribution in [3.8, 4) is 6.07 Å². The highest BCUT2D eigenvalue weighted by atomic mass is 32.2. The highest BCUT2D eigenvalue weighted by Gasteiger charge is 2.23. The first-order valence-corrected chi connectivity index (χ1v) is 9.54. The Balaban J connectivity index is 2.78. The molecule has 0 aliphatic rings. The molecule has 0 aliphatic heterocycles. The Labute approximate surface area is 130 Å². The van der Waals surface area contributed by atoms with Crippen LogP contribution in [0.5, 0.6) is 0 Å². The second-order valence-electron chi connectivity index (χ2n) is 4.69. The molecule has 0 bridgehead atoms. The fourth-order valence-electron chi connectivity index (χ4n) is 2.04. The van der Waals surface area contributed by atoms with Crippen LogP contribution in [0.15, 0.2) is 4.90 Å². The summed E-state index contributed by atoms with van der Waals surface area (Å²) in [6.07, 6.45) is 2.00. The third kappa shape index (κ3) is 4.59. The van der Waals surface area contributed by atoms with E-state index in [-0.39, 0.29) is 15.5 Å². The van der Waals surface area contributed by atoms with Crippen LogP contribution in [0.25, 0.3) is 0 Å². The second-order valence-corrected chi connectivity index (χ2v) is 7.67. The fourth-order valence-corrected chi connectivity index (χ4v) is 4.43. The first kappa shape index (κ1) is 17.8. The molecule has 1 heterocycles. The molecule has 0 aromatic carbocycles. The van der Waals surface area contributed by atoms with E-state index in [1.54, 1.807) is 0 Å². The summed E-state index contributed by atoms with van der Waals surface area (Å²) in [6, 6.07) is 1.94. The highest BCUT2D eigenvalue weighted by molar-refractivity contribution is 7.91. The molecular formula is C13H22N4O2S2. The Hall–Kier alpha value is -1.30. The van der Waals surface area contributed by atoms with E-state index in [2.05, 4.69) is 24.1 Å². The quantitative estimate of drug-likeness (QED) is 0.705. The lowest BCUT2D eigenvalue weighted by molar-refractivity contribution is 0.303. The number of hydrogen-bond donors (Lipinski definition) is 2. The third-order valence-electron chi connectivity index (χ3n) is 3.20. The molecule has 118 valence electrons. The number of nitrogens with two attached hydrogens (primary N) is 1. The van der Waals surface area contributed by atoms with Crippen molar-refractivity contribution in [2.45, 2.75) is 25.2 Å². The van der Waals surface area contributed by atoms with Gasteiger partial charge in [-0.1, -0.05) is 13.8 Å². The van der Waals surface area contributed by atoms with Gasteiger partial charge in [0.25, 0.3) is 0 Å². The van der Waals surface area contributed by atoms with Gasteiger partial charge in [0.05, 0.1) is 5.69 Å². The number of sulfone groups is 1. The van der Waals surface area contributed by atoms with E-state index >= 15 is 0 Å². The number of rotatable bonds is 8. The van der Waals surface area contributed by atoms with Crippen molar-refractivity contribution in [3.63, 3.8) is 0 Å². The van der Waals surface area contributed by atoms with Gasteiger partial charge < -0.3 is 16.0 Å². The van der Waals surface area contributed by atoms with Crippen LogP contribution in [0.4, 0.5) is 10.7 Å². The van der Waals surface area contributed by atoms with Crippen molar-refractivity contribution < 1.29 is 8.42 Å². The van der Waals surface area contributed by atoms with Gasteiger partial charge in [0.1, 0.15) is 20.8 Å². The van der Waals surface area contributed by atoms with Crippen LogP contribution in [0.3, 0.4) is 0 Å². The molecule has 0 spiro atoms. The van der Waals surface area contributed by atoms with Gasteiger partial charge in [0.15, 0.2) is 9.84 Å². The predicted molar refractivity (Wildman–Crippen MR) is 87.5 cm³/mol. The molecule has 6 nitrogen and oxygen atoms in total. The minimum atomic E-state index is -3.45. The van der Waals surface area contributed by atoms with E-state index in [1.807, 2.05) is 6.07 Å². The average Bonchev–Trinajstić information content (AvgIpc) is 2.75. The third-order valence-corrected chi connectivity index (χ3v) is 5.57. The van der Waals surface area contributed by atoms with E-state index in [9.17, 15) is 8.42 Å². The monoisotopic (exact) mass is 330 g/mol. The van der Waals surface area contributed by atoms with E-state index < -0.39 is 9.84 Å². The van der Waals surface area contributed by atoms with Crippen LogP contribution in [0.1, 0.15) is 25.1 Å². The molecule has 8 heteroatoms. The molecule has 0 atom stereocenters. The van der Waals surface area contributed by atoms with Gasteiger partial charge in [0, 0.05) is 12.8 Å². The summed E-state index contributed by atoms with van der Waals surface area (Å²) in [6.45, 7) is 7.80. The van der Waals surface area contributed by atoms with Crippen molar-refractivity contribution in [3.05, 3.63) is 4.88 Å². The molecule has 1 aromatic rings. The van der Waals surface area contributed by atoms with Gasteiger partial charge >= 0.3 is 0 Å². The Bertz CT molecular complexity index is 613. The summed E-state index contributed by atoms with van der Waals surface area (Å²) < 4.78 is 23.6. The number of anilines is 2. The van der Waals surface area contributed by atoms with E-state index in [0.717, 1.165) is 43.6 Å². The second kappa shape index (κ2) is 7.64. The topological polar surface area (TPSA) is 99.2 Å². The molecule has 0 saturated heterocycles. The predicted octanol–water partition coefficient (Wildman–Crippen LogP) is 1.75. The summed E-state index contributed by atoms with van der Waals surface area (Å²) >= 11 is 1.09. The SMILES string of the molecule is CCN(CC)CCCNc1sc(C#N)c(N)c1S(C)(=O)=O. The van der Waals surface area contributed by atoms with E-state index in [0.29, 0.717) is 11.5 Å². The maximum absolute atomic E-state index is 11.8.